The SMILES string of the molecule is CC(C)Oc1ccc(-c2nc(-c3cccc4c3CCC4CNCC(=O)N3CCCCC3)no2)cc1C#N. The van der Waals surface area contributed by atoms with Crippen molar-refractivity contribution in [2.24, 2.45) is 0 Å². The van der Waals surface area contributed by atoms with Crippen molar-refractivity contribution in [1.29, 1.82) is 5.26 Å². The molecule has 1 aliphatic heterocycles. The van der Waals surface area contributed by atoms with Crippen LogP contribution in [0.5, 0.6) is 5.75 Å². The lowest BCUT2D eigenvalue weighted by molar-refractivity contribution is -0.131. The summed E-state index contributed by atoms with van der Waals surface area (Å²) in [4.78, 5) is 19.1. The van der Waals surface area contributed by atoms with Crippen molar-refractivity contribution < 1.29 is 14.1 Å². The lowest BCUT2D eigenvalue weighted by Gasteiger charge is -2.27. The van der Waals surface area contributed by atoms with E-state index < -0.39 is 0 Å². The van der Waals surface area contributed by atoms with Gasteiger partial charge in [0, 0.05) is 30.8 Å². The molecule has 0 radical (unpaired) electrons. The van der Waals surface area contributed by atoms with Gasteiger partial charge in [-0.1, -0.05) is 23.4 Å². The fraction of sp³-hybridized carbons (Fsp3) is 0.448. The number of nitrogens with one attached hydrogen (secondary N) is 1. The van der Waals surface area contributed by atoms with Crippen LogP contribution in [0, 0.1) is 11.3 Å². The zero-order valence-corrected chi connectivity index (χ0v) is 21.5. The number of hydrogen-bond donors (Lipinski definition) is 1. The Bertz CT molecular complexity index is 1300. The fourth-order valence-electron chi connectivity index (χ4n) is 5.33. The van der Waals surface area contributed by atoms with E-state index in [1.165, 1.54) is 17.5 Å². The van der Waals surface area contributed by atoms with E-state index in [9.17, 15) is 10.1 Å². The summed E-state index contributed by atoms with van der Waals surface area (Å²) in [7, 11) is 0. The van der Waals surface area contributed by atoms with Gasteiger partial charge < -0.3 is 19.5 Å². The third kappa shape index (κ3) is 5.52. The summed E-state index contributed by atoms with van der Waals surface area (Å²) < 4.78 is 11.3. The number of carbonyl (C=O) groups is 1. The zero-order valence-electron chi connectivity index (χ0n) is 21.5. The lowest BCUT2D eigenvalue weighted by atomic mass is 9.98. The van der Waals surface area contributed by atoms with Crippen LogP contribution in [0.2, 0.25) is 0 Å². The van der Waals surface area contributed by atoms with Crippen LogP contribution < -0.4 is 10.1 Å². The molecular weight excluding hydrogens is 466 g/mol. The van der Waals surface area contributed by atoms with Crippen LogP contribution in [-0.4, -0.2) is 53.2 Å². The molecule has 0 saturated carbocycles. The van der Waals surface area contributed by atoms with E-state index >= 15 is 0 Å². The summed E-state index contributed by atoms with van der Waals surface area (Å²) in [5.74, 6) is 2.00. The third-order valence-corrected chi connectivity index (χ3v) is 7.15. The average Bonchev–Trinajstić information content (AvgIpc) is 3.57. The van der Waals surface area contributed by atoms with E-state index in [1.54, 1.807) is 12.1 Å². The topological polar surface area (TPSA) is 104 Å². The first kappa shape index (κ1) is 25.0. The molecule has 2 aliphatic rings. The van der Waals surface area contributed by atoms with Gasteiger partial charge in [0.15, 0.2) is 0 Å². The second kappa shape index (κ2) is 11.1. The van der Waals surface area contributed by atoms with Crippen LogP contribution >= 0.6 is 0 Å². The number of nitrogens with zero attached hydrogens (tertiary/aromatic N) is 4. The number of amides is 1. The number of rotatable bonds is 8. The third-order valence-electron chi connectivity index (χ3n) is 7.15. The van der Waals surface area contributed by atoms with E-state index in [1.807, 2.05) is 36.9 Å². The van der Waals surface area contributed by atoms with Crippen molar-refractivity contribution in [3.8, 4) is 34.7 Å². The number of carbonyl (C=O) groups excluding carboxylic acids is 1. The Morgan fingerprint density at radius 1 is 1.24 bits per heavy atom. The molecule has 8 heteroatoms. The number of likely N-dealkylation sites (tertiary alicyclic amines) is 1. The van der Waals surface area contributed by atoms with E-state index in [0.29, 0.717) is 41.1 Å². The van der Waals surface area contributed by atoms with Crippen molar-refractivity contribution in [2.75, 3.05) is 26.2 Å². The van der Waals surface area contributed by atoms with E-state index in [-0.39, 0.29) is 12.0 Å². The molecule has 1 atom stereocenters. The molecular formula is C29H33N5O3. The number of fused-ring (bicyclic) bond motifs is 1. The van der Waals surface area contributed by atoms with Crippen LogP contribution in [-0.2, 0) is 11.2 Å². The summed E-state index contributed by atoms with van der Waals surface area (Å²) >= 11 is 0. The van der Waals surface area contributed by atoms with Gasteiger partial charge in [-0.15, -0.1) is 0 Å². The van der Waals surface area contributed by atoms with Gasteiger partial charge in [-0.25, -0.2) is 0 Å². The van der Waals surface area contributed by atoms with Crippen LogP contribution in [0.1, 0.15) is 62.1 Å². The molecule has 2 heterocycles. The van der Waals surface area contributed by atoms with Crippen LogP contribution in [0.3, 0.4) is 0 Å². The van der Waals surface area contributed by atoms with Crippen LogP contribution in [0.4, 0.5) is 0 Å². The summed E-state index contributed by atoms with van der Waals surface area (Å²) in [5.41, 5.74) is 4.60. The number of nitriles is 1. The number of piperidine rings is 1. The van der Waals surface area contributed by atoms with Gasteiger partial charge in [-0.3, -0.25) is 4.79 Å². The highest BCUT2D eigenvalue weighted by atomic mass is 16.5. The van der Waals surface area contributed by atoms with Gasteiger partial charge in [-0.2, -0.15) is 10.2 Å². The maximum absolute atomic E-state index is 12.5. The second-order valence-electron chi connectivity index (χ2n) is 10.1. The molecule has 1 aliphatic carbocycles. The molecule has 1 unspecified atom stereocenters. The van der Waals surface area contributed by atoms with Crippen molar-refractivity contribution >= 4 is 5.91 Å². The molecule has 8 nitrogen and oxygen atoms in total. The largest absolute Gasteiger partial charge is 0.490 e. The number of aromatic nitrogens is 2. The molecule has 0 spiro atoms. The van der Waals surface area contributed by atoms with E-state index in [4.69, 9.17) is 9.26 Å². The summed E-state index contributed by atoms with van der Waals surface area (Å²) in [6.07, 6.45) is 5.37. The van der Waals surface area contributed by atoms with Crippen molar-refractivity contribution in [3.05, 3.63) is 53.1 Å². The Balaban J connectivity index is 1.28. The molecule has 5 rings (SSSR count). The van der Waals surface area contributed by atoms with E-state index in [2.05, 4.69) is 27.6 Å². The van der Waals surface area contributed by atoms with Crippen LogP contribution in [0.15, 0.2) is 40.9 Å². The molecule has 3 aromatic rings. The lowest BCUT2D eigenvalue weighted by Crippen LogP contribution is -2.41. The van der Waals surface area contributed by atoms with Crippen molar-refractivity contribution in [2.45, 2.75) is 58.0 Å². The second-order valence-corrected chi connectivity index (χ2v) is 10.1. The quantitative estimate of drug-likeness (QED) is 0.479. The van der Waals surface area contributed by atoms with Gasteiger partial charge in [0.2, 0.25) is 11.7 Å². The monoisotopic (exact) mass is 499 g/mol. The molecule has 0 bridgehead atoms. The summed E-state index contributed by atoms with van der Waals surface area (Å²) in [6, 6.07) is 13.7. The Morgan fingerprint density at radius 3 is 2.86 bits per heavy atom. The molecule has 1 aromatic heterocycles. The number of hydrogen-bond acceptors (Lipinski definition) is 7. The highest BCUT2D eigenvalue weighted by molar-refractivity contribution is 5.78. The smallest absolute Gasteiger partial charge is 0.258 e. The van der Waals surface area contributed by atoms with E-state index in [0.717, 1.165) is 50.9 Å². The molecule has 192 valence electrons. The highest BCUT2D eigenvalue weighted by Crippen LogP contribution is 2.38. The Hall–Kier alpha value is -3.70. The van der Waals surface area contributed by atoms with Gasteiger partial charge in [0.05, 0.1) is 18.2 Å². The Morgan fingerprint density at radius 2 is 2.08 bits per heavy atom. The minimum Gasteiger partial charge on any atom is -0.490 e. The minimum absolute atomic E-state index is 0.0256. The maximum atomic E-state index is 12.5. The normalized spacial score (nSPS) is 17.0. The zero-order chi connectivity index (χ0) is 25.8. The Kier molecular flexibility index (Phi) is 7.52. The number of benzene rings is 2. The van der Waals surface area contributed by atoms with Gasteiger partial charge in [0.1, 0.15) is 11.8 Å². The molecule has 1 saturated heterocycles. The molecule has 2 aromatic carbocycles. The number of ether oxygens (including phenoxy) is 1. The van der Waals surface area contributed by atoms with Gasteiger partial charge in [0.25, 0.3) is 5.89 Å². The molecule has 1 N–H and O–H groups in total. The highest BCUT2D eigenvalue weighted by Gasteiger charge is 2.27. The first-order chi connectivity index (χ1) is 18.0. The predicted octanol–water partition coefficient (Wildman–Crippen LogP) is 4.69. The first-order valence-electron chi connectivity index (χ1n) is 13.2. The first-order valence-corrected chi connectivity index (χ1v) is 13.2. The summed E-state index contributed by atoms with van der Waals surface area (Å²) in [6.45, 7) is 6.79. The molecule has 37 heavy (non-hydrogen) atoms. The maximum Gasteiger partial charge on any atom is 0.258 e. The van der Waals surface area contributed by atoms with Gasteiger partial charge in [-0.05, 0) is 81.2 Å². The minimum atomic E-state index is -0.0256. The fourth-order valence-corrected chi connectivity index (χ4v) is 5.33. The van der Waals surface area contributed by atoms with Crippen molar-refractivity contribution in [3.63, 3.8) is 0 Å². The van der Waals surface area contributed by atoms with Gasteiger partial charge >= 0.3 is 0 Å². The molecule has 1 amide bonds. The predicted molar refractivity (Wildman–Crippen MR) is 140 cm³/mol. The Labute approximate surface area is 217 Å². The van der Waals surface area contributed by atoms with Crippen molar-refractivity contribution in [1.82, 2.24) is 20.4 Å². The average molecular weight is 500 g/mol. The summed E-state index contributed by atoms with van der Waals surface area (Å²) in [5, 5.41) is 17.2. The standard InChI is InChI=1S/C29H33N5O3/c1-19(2)36-26-12-10-20(15-22(26)16-30)29-32-28(33-37-29)25-8-6-7-23-21(9-11-24(23)25)17-31-18-27(35)34-13-4-3-5-14-34/h6-8,10,12,15,19,21,31H,3-5,9,11,13-14,17-18H2,1-2H3. The molecule has 1 fully saturated rings. The van der Waals surface area contributed by atoms with Crippen LogP contribution in [0.25, 0.3) is 22.8 Å².